The molecular weight excluding hydrogens is 679 g/mol. The fourth-order valence-electron chi connectivity index (χ4n) is 7.93. The monoisotopic (exact) mass is 715 g/mol. The van der Waals surface area contributed by atoms with Crippen LogP contribution in [0.15, 0.2) is 224 Å². The van der Waals surface area contributed by atoms with Crippen LogP contribution in [0.5, 0.6) is 11.5 Å². The van der Waals surface area contributed by atoms with E-state index in [4.69, 9.17) is 4.74 Å². The molecule has 0 aromatic heterocycles. The van der Waals surface area contributed by atoms with E-state index in [1.807, 2.05) is 0 Å². The quantitative estimate of drug-likeness (QED) is 0.163. The van der Waals surface area contributed by atoms with Crippen LogP contribution in [0.4, 0.5) is 17.1 Å². The van der Waals surface area contributed by atoms with Gasteiger partial charge in [-0.3, -0.25) is 0 Å². The van der Waals surface area contributed by atoms with Crippen LogP contribution >= 0.6 is 0 Å². The molecule has 0 unspecified atom stereocenters. The number of hydrogen-bond donors (Lipinski definition) is 0. The molecule has 9 aromatic rings. The summed E-state index contributed by atoms with van der Waals surface area (Å²) in [7, 11) is 0. The number of fused-ring (bicyclic) bond motifs is 5. The van der Waals surface area contributed by atoms with E-state index in [0.29, 0.717) is 0 Å². The van der Waals surface area contributed by atoms with Crippen molar-refractivity contribution in [2.24, 2.45) is 0 Å². The van der Waals surface area contributed by atoms with Gasteiger partial charge >= 0.3 is 0 Å². The fourth-order valence-corrected chi connectivity index (χ4v) is 7.93. The zero-order chi connectivity index (χ0) is 37.3. The van der Waals surface area contributed by atoms with Gasteiger partial charge in [0.05, 0.1) is 5.69 Å². The molecule has 9 aromatic carbocycles. The van der Waals surface area contributed by atoms with E-state index in [9.17, 15) is 0 Å². The first kappa shape index (κ1) is 33.2. The van der Waals surface area contributed by atoms with Crippen LogP contribution in [0.2, 0.25) is 0 Å². The molecule has 0 N–H and O–H groups in total. The Kier molecular flexibility index (Phi) is 8.55. The fraction of sp³-hybridized carbons (Fsp3) is 0. The van der Waals surface area contributed by atoms with Gasteiger partial charge in [0.1, 0.15) is 11.5 Å². The standard InChI is InChI=1S/C54H37NO/c1-5-15-38(16-6-1)42-27-31-46(32-28-42)55(47-24-13-23-43(35-47)39-17-7-2-8-18-39)51-25-14-26-53-54(51)48-33-29-44(40-19-9-3-10-20-40)36-49(48)50-37-45(30-34-52(50)56-53)41-21-11-4-12-22-41/h1-37H. The molecule has 0 saturated heterocycles. The number of nitrogens with zero attached hydrogens (tertiary/aromatic N) is 1. The smallest absolute Gasteiger partial charge is 0.137 e. The highest BCUT2D eigenvalue weighted by Crippen LogP contribution is 2.54. The van der Waals surface area contributed by atoms with Crippen molar-refractivity contribution in [2.45, 2.75) is 0 Å². The average Bonchev–Trinajstić information content (AvgIpc) is 3.42. The molecule has 0 amide bonds. The zero-order valence-electron chi connectivity index (χ0n) is 30.7. The summed E-state index contributed by atoms with van der Waals surface area (Å²) >= 11 is 0. The van der Waals surface area contributed by atoms with Crippen LogP contribution in [0.25, 0.3) is 66.8 Å². The molecule has 0 atom stereocenters. The molecule has 0 fully saturated rings. The lowest BCUT2D eigenvalue weighted by atomic mass is 9.89. The van der Waals surface area contributed by atoms with Gasteiger partial charge in [-0.25, -0.2) is 0 Å². The third-order valence-corrected chi connectivity index (χ3v) is 10.7. The average molecular weight is 716 g/mol. The van der Waals surface area contributed by atoms with Crippen LogP contribution in [-0.2, 0) is 0 Å². The highest BCUT2D eigenvalue weighted by molar-refractivity contribution is 6.01. The Bertz CT molecular complexity index is 2800. The zero-order valence-corrected chi connectivity index (χ0v) is 30.7. The lowest BCUT2D eigenvalue weighted by molar-refractivity contribution is 0.488. The van der Waals surface area contributed by atoms with Crippen molar-refractivity contribution in [3.05, 3.63) is 224 Å². The summed E-state index contributed by atoms with van der Waals surface area (Å²) in [5.74, 6) is 1.64. The van der Waals surface area contributed by atoms with E-state index >= 15 is 0 Å². The molecule has 1 heterocycles. The summed E-state index contributed by atoms with van der Waals surface area (Å²) in [6, 6.07) is 80.0. The van der Waals surface area contributed by atoms with Crippen molar-refractivity contribution < 1.29 is 4.74 Å². The summed E-state index contributed by atoms with van der Waals surface area (Å²) in [5, 5.41) is 0. The Morgan fingerprint density at radius 2 is 0.732 bits per heavy atom. The summed E-state index contributed by atoms with van der Waals surface area (Å²) in [6.45, 7) is 0. The van der Waals surface area contributed by atoms with Gasteiger partial charge in [0.25, 0.3) is 0 Å². The number of benzene rings is 9. The number of hydrogen-bond acceptors (Lipinski definition) is 2. The van der Waals surface area contributed by atoms with E-state index in [1.54, 1.807) is 0 Å². The summed E-state index contributed by atoms with van der Waals surface area (Å²) in [6.07, 6.45) is 0. The molecule has 0 bridgehead atoms. The second kappa shape index (κ2) is 14.4. The van der Waals surface area contributed by atoms with E-state index in [2.05, 4.69) is 229 Å². The van der Waals surface area contributed by atoms with E-state index in [0.717, 1.165) is 67.5 Å². The lowest BCUT2D eigenvalue weighted by Crippen LogP contribution is -2.11. The van der Waals surface area contributed by atoms with Crippen LogP contribution in [0.1, 0.15) is 0 Å². The minimum atomic E-state index is 0.813. The Balaban J connectivity index is 1.20. The van der Waals surface area contributed by atoms with E-state index in [1.165, 1.54) is 27.8 Å². The predicted octanol–water partition coefficient (Wildman–Crippen LogP) is 15.3. The number of anilines is 3. The second-order valence-corrected chi connectivity index (χ2v) is 14.1. The topological polar surface area (TPSA) is 12.5 Å². The Labute approximate surface area is 328 Å². The Hall–Kier alpha value is -7.42. The van der Waals surface area contributed by atoms with Gasteiger partial charge in [-0.1, -0.05) is 170 Å². The maximum absolute atomic E-state index is 7.03. The van der Waals surface area contributed by atoms with Crippen molar-refractivity contribution in [1.29, 1.82) is 0 Å². The summed E-state index contributed by atoms with van der Waals surface area (Å²) < 4.78 is 7.03. The third kappa shape index (κ3) is 6.24. The van der Waals surface area contributed by atoms with Crippen molar-refractivity contribution in [3.8, 4) is 78.3 Å². The van der Waals surface area contributed by atoms with Crippen molar-refractivity contribution in [1.82, 2.24) is 0 Å². The molecule has 0 aliphatic carbocycles. The third-order valence-electron chi connectivity index (χ3n) is 10.7. The van der Waals surface area contributed by atoms with Crippen molar-refractivity contribution >= 4 is 17.1 Å². The molecule has 264 valence electrons. The van der Waals surface area contributed by atoms with Gasteiger partial charge in [0.15, 0.2) is 0 Å². The summed E-state index contributed by atoms with van der Waals surface area (Å²) in [5.41, 5.74) is 16.8. The lowest BCUT2D eigenvalue weighted by Gasteiger charge is -2.29. The SMILES string of the molecule is c1ccc(-c2ccc(N(c3cccc(-c4ccccc4)c3)c3cccc4c3-c3ccc(-c5ccccc5)cc3-c3cc(-c5ccccc5)ccc3O4)cc2)cc1. The van der Waals surface area contributed by atoms with E-state index in [-0.39, 0.29) is 0 Å². The molecule has 10 rings (SSSR count). The molecule has 2 nitrogen and oxygen atoms in total. The molecule has 1 aliphatic heterocycles. The van der Waals surface area contributed by atoms with Crippen LogP contribution in [-0.4, -0.2) is 0 Å². The van der Waals surface area contributed by atoms with Gasteiger partial charge < -0.3 is 9.64 Å². The highest BCUT2D eigenvalue weighted by Gasteiger charge is 2.27. The normalized spacial score (nSPS) is 11.4. The maximum Gasteiger partial charge on any atom is 0.137 e. The maximum atomic E-state index is 7.03. The minimum absolute atomic E-state index is 0.813. The van der Waals surface area contributed by atoms with Crippen LogP contribution < -0.4 is 9.64 Å². The first-order valence-corrected chi connectivity index (χ1v) is 19.1. The predicted molar refractivity (Wildman–Crippen MR) is 234 cm³/mol. The molecule has 2 heteroatoms. The highest BCUT2D eigenvalue weighted by atomic mass is 16.5. The number of ether oxygens (including phenoxy) is 1. The van der Waals surface area contributed by atoms with Crippen molar-refractivity contribution in [3.63, 3.8) is 0 Å². The first-order chi connectivity index (χ1) is 27.8. The molecular formula is C54H37NO. The molecule has 0 saturated carbocycles. The van der Waals surface area contributed by atoms with Gasteiger partial charge in [0.2, 0.25) is 0 Å². The molecule has 0 spiro atoms. The largest absolute Gasteiger partial charge is 0.456 e. The molecule has 1 aliphatic rings. The first-order valence-electron chi connectivity index (χ1n) is 19.1. The van der Waals surface area contributed by atoms with Crippen LogP contribution in [0.3, 0.4) is 0 Å². The van der Waals surface area contributed by atoms with Crippen molar-refractivity contribution in [2.75, 3.05) is 4.90 Å². The molecule has 0 radical (unpaired) electrons. The second-order valence-electron chi connectivity index (χ2n) is 14.1. The Morgan fingerprint density at radius 1 is 0.268 bits per heavy atom. The Morgan fingerprint density at radius 3 is 1.34 bits per heavy atom. The minimum Gasteiger partial charge on any atom is -0.456 e. The van der Waals surface area contributed by atoms with Gasteiger partial charge in [0, 0.05) is 22.5 Å². The van der Waals surface area contributed by atoms with Crippen LogP contribution in [0, 0.1) is 0 Å². The van der Waals surface area contributed by atoms with E-state index < -0.39 is 0 Å². The summed E-state index contributed by atoms with van der Waals surface area (Å²) in [4.78, 5) is 2.38. The van der Waals surface area contributed by atoms with Gasteiger partial charge in [-0.05, 0) is 110 Å². The van der Waals surface area contributed by atoms with Gasteiger partial charge in [-0.15, -0.1) is 0 Å². The van der Waals surface area contributed by atoms with Gasteiger partial charge in [-0.2, -0.15) is 0 Å². The molecule has 56 heavy (non-hydrogen) atoms. The number of rotatable bonds is 7.